The van der Waals surface area contributed by atoms with Gasteiger partial charge in [-0.05, 0) is 29.7 Å². The molecule has 0 aliphatic carbocycles. The number of fused-ring (bicyclic) bond motifs is 3. The Balaban J connectivity index is 1.61. The van der Waals surface area contributed by atoms with Crippen LogP contribution in [-0.4, -0.2) is 66.3 Å². The lowest BCUT2D eigenvalue weighted by atomic mass is 9.74. The van der Waals surface area contributed by atoms with Gasteiger partial charge in [0, 0.05) is 55.2 Å². The van der Waals surface area contributed by atoms with Crippen LogP contribution in [0.15, 0.2) is 54.9 Å². The Morgan fingerprint density at radius 1 is 1.21 bits per heavy atom. The Morgan fingerprint density at radius 2 is 2.00 bits per heavy atom. The maximum absolute atomic E-state index is 14.1. The lowest BCUT2D eigenvalue weighted by Crippen LogP contribution is -2.54. The van der Waals surface area contributed by atoms with Crippen molar-refractivity contribution in [2.24, 2.45) is 0 Å². The molecule has 1 amide bonds. The van der Waals surface area contributed by atoms with Gasteiger partial charge in [-0.15, -0.1) is 0 Å². The molecule has 10 heteroatoms. The SMILES string of the molecule is CN(CCO)S(=O)(=O)N1Cc2ccc(Cl)cc2C2(CCN(c3cncc4ccccc34)C2=O)C1. The van der Waals surface area contributed by atoms with Crippen molar-refractivity contribution in [1.82, 2.24) is 13.6 Å². The molecule has 2 aliphatic rings. The van der Waals surface area contributed by atoms with Gasteiger partial charge < -0.3 is 10.0 Å². The monoisotopic (exact) mass is 500 g/mol. The standard InChI is InChI=1S/C24H25ClN4O4S/c1-27(10-11-30)34(32,33)28-15-18-6-7-19(25)12-21(18)24(16-28)8-9-29(23(24)31)22-14-26-13-17-4-2-3-5-20(17)22/h2-7,12-14,30H,8-11,15-16H2,1H3. The first kappa shape index (κ1) is 23.2. The highest BCUT2D eigenvalue weighted by Crippen LogP contribution is 2.45. The van der Waals surface area contributed by atoms with E-state index in [-0.39, 0.29) is 32.1 Å². The second kappa shape index (κ2) is 8.58. The molecule has 1 atom stereocenters. The van der Waals surface area contributed by atoms with Crippen molar-refractivity contribution in [2.75, 3.05) is 38.2 Å². The quantitative estimate of drug-likeness (QED) is 0.581. The molecule has 2 aliphatic heterocycles. The van der Waals surface area contributed by atoms with Gasteiger partial charge in [-0.1, -0.05) is 41.9 Å². The number of hydrogen-bond acceptors (Lipinski definition) is 5. The molecule has 178 valence electrons. The predicted octanol–water partition coefficient (Wildman–Crippen LogP) is 2.55. The van der Waals surface area contributed by atoms with Crippen LogP contribution in [0, 0.1) is 0 Å². The van der Waals surface area contributed by atoms with Crippen molar-refractivity contribution in [2.45, 2.75) is 18.4 Å². The molecule has 1 fully saturated rings. The molecule has 8 nitrogen and oxygen atoms in total. The summed E-state index contributed by atoms with van der Waals surface area (Å²) in [6.45, 7) is 0.255. The summed E-state index contributed by atoms with van der Waals surface area (Å²) < 4.78 is 29.1. The number of halogens is 1. The van der Waals surface area contributed by atoms with E-state index in [2.05, 4.69) is 4.98 Å². The summed E-state index contributed by atoms with van der Waals surface area (Å²) in [5, 5.41) is 11.6. The van der Waals surface area contributed by atoms with Gasteiger partial charge >= 0.3 is 0 Å². The highest BCUT2D eigenvalue weighted by atomic mass is 35.5. The number of aromatic nitrogens is 1. The van der Waals surface area contributed by atoms with E-state index >= 15 is 0 Å². The topological polar surface area (TPSA) is 94.1 Å². The third kappa shape index (κ3) is 3.59. The number of carbonyl (C=O) groups is 1. The second-order valence-corrected chi connectivity index (χ2v) is 11.3. The molecule has 0 radical (unpaired) electrons. The van der Waals surface area contributed by atoms with Gasteiger partial charge in [0.25, 0.3) is 10.2 Å². The maximum Gasteiger partial charge on any atom is 0.282 e. The lowest BCUT2D eigenvalue weighted by molar-refractivity contribution is -0.122. The molecule has 1 saturated heterocycles. The number of aliphatic hydroxyl groups excluding tert-OH is 1. The summed E-state index contributed by atoms with van der Waals surface area (Å²) in [5.41, 5.74) is 1.17. The molecule has 0 saturated carbocycles. The van der Waals surface area contributed by atoms with E-state index in [9.17, 15) is 18.3 Å². The van der Waals surface area contributed by atoms with Crippen LogP contribution in [0.25, 0.3) is 10.8 Å². The third-order valence-corrected chi connectivity index (χ3v) is 8.99. The fourth-order valence-corrected chi connectivity index (χ4v) is 6.66. The largest absolute Gasteiger partial charge is 0.395 e. The Bertz CT molecular complexity index is 1380. The Kier molecular flexibility index (Phi) is 5.86. The van der Waals surface area contributed by atoms with Crippen LogP contribution >= 0.6 is 11.6 Å². The number of hydrogen-bond donors (Lipinski definition) is 1. The van der Waals surface area contributed by atoms with Crippen molar-refractivity contribution in [3.05, 3.63) is 71.0 Å². The van der Waals surface area contributed by atoms with Gasteiger partial charge in [-0.2, -0.15) is 17.0 Å². The second-order valence-electron chi connectivity index (χ2n) is 8.79. The number of anilines is 1. The number of amides is 1. The molecule has 0 bridgehead atoms. The van der Waals surface area contributed by atoms with E-state index in [1.807, 2.05) is 24.3 Å². The number of nitrogens with zero attached hydrogens (tertiary/aromatic N) is 4. The fourth-order valence-electron chi connectivity index (χ4n) is 5.09. The number of benzene rings is 2. The molecule has 1 unspecified atom stereocenters. The average molecular weight is 501 g/mol. The van der Waals surface area contributed by atoms with Crippen LogP contribution in [0.3, 0.4) is 0 Å². The molecule has 3 aromatic rings. The highest BCUT2D eigenvalue weighted by molar-refractivity contribution is 7.86. The van der Waals surface area contributed by atoms with E-state index in [1.165, 1.54) is 11.4 Å². The minimum absolute atomic E-state index is 0.00592. The summed E-state index contributed by atoms with van der Waals surface area (Å²) in [6, 6.07) is 13.0. The van der Waals surface area contributed by atoms with E-state index in [0.717, 1.165) is 26.2 Å². The van der Waals surface area contributed by atoms with Gasteiger partial charge in [0.1, 0.15) is 0 Å². The molecule has 1 spiro atoms. The zero-order valence-electron chi connectivity index (χ0n) is 18.7. The summed E-state index contributed by atoms with van der Waals surface area (Å²) in [6.07, 6.45) is 3.89. The maximum atomic E-state index is 14.1. The van der Waals surface area contributed by atoms with E-state index < -0.39 is 15.6 Å². The Hall–Kier alpha value is -2.56. The summed E-state index contributed by atoms with van der Waals surface area (Å²) >= 11 is 6.33. The normalized spacial score (nSPS) is 21.1. The molecule has 5 rings (SSSR count). The summed E-state index contributed by atoms with van der Waals surface area (Å²) in [4.78, 5) is 20.2. The minimum Gasteiger partial charge on any atom is -0.395 e. The van der Waals surface area contributed by atoms with Gasteiger partial charge in [-0.3, -0.25) is 9.78 Å². The highest BCUT2D eigenvalue weighted by Gasteiger charge is 2.54. The van der Waals surface area contributed by atoms with Crippen molar-refractivity contribution in [1.29, 1.82) is 0 Å². The molecule has 2 aromatic carbocycles. The first-order chi connectivity index (χ1) is 16.3. The predicted molar refractivity (Wildman–Crippen MR) is 131 cm³/mol. The van der Waals surface area contributed by atoms with Crippen molar-refractivity contribution in [3.8, 4) is 0 Å². The van der Waals surface area contributed by atoms with Crippen LogP contribution < -0.4 is 4.90 Å². The minimum atomic E-state index is -3.89. The number of aliphatic hydroxyl groups is 1. The van der Waals surface area contributed by atoms with Crippen molar-refractivity contribution in [3.63, 3.8) is 0 Å². The molecule has 34 heavy (non-hydrogen) atoms. The van der Waals surface area contributed by atoms with Gasteiger partial charge in [0.2, 0.25) is 5.91 Å². The average Bonchev–Trinajstić information content (AvgIpc) is 3.15. The molecule has 3 heterocycles. The summed E-state index contributed by atoms with van der Waals surface area (Å²) in [5.74, 6) is -0.168. The zero-order chi connectivity index (χ0) is 24.1. The first-order valence-corrected chi connectivity index (χ1v) is 12.8. The van der Waals surface area contributed by atoms with Crippen LogP contribution in [0.1, 0.15) is 17.5 Å². The van der Waals surface area contributed by atoms with Crippen LogP contribution in [0.5, 0.6) is 0 Å². The molecular weight excluding hydrogens is 476 g/mol. The summed E-state index contributed by atoms with van der Waals surface area (Å²) in [7, 11) is -2.46. The van der Waals surface area contributed by atoms with E-state index in [1.54, 1.807) is 35.5 Å². The lowest BCUT2D eigenvalue weighted by Gasteiger charge is -2.41. The van der Waals surface area contributed by atoms with E-state index in [4.69, 9.17) is 11.6 Å². The van der Waals surface area contributed by atoms with Crippen molar-refractivity contribution >= 4 is 44.2 Å². The number of pyridine rings is 1. The number of carbonyl (C=O) groups excluding carboxylic acids is 1. The Morgan fingerprint density at radius 3 is 2.79 bits per heavy atom. The smallest absolute Gasteiger partial charge is 0.282 e. The van der Waals surface area contributed by atoms with Crippen LogP contribution in [0.2, 0.25) is 5.02 Å². The molecule has 1 N–H and O–H groups in total. The first-order valence-electron chi connectivity index (χ1n) is 11.0. The molecule has 1 aromatic heterocycles. The van der Waals surface area contributed by atoms with Gasteiger partial charge in [-0.25, -0.2) is 0 Å². The van der Waals surface area contributed by atoms with Gasteiger partial charge in [0.15, 0.2) is 0 Å². The number of rotatable bonds is 5. The van der Waals surface area contributed by atoms with E-state index in [0.29, 0.717) is 23.7 Å². The zero-order valence-corrected chi connectivity index (χ0v) is 20.3. The van der Waals surface area contributed by atoms with Crippen LogP contribution in [-0.2, 0) is 27.0 Å². The van der Waals surface area contributed by atoms with Crippen LogP contribution in [0.4, 0.5) is 5.69 Å². The van der Waals surface area contributed by atoms with Gasteiger partial charge in [0.05, 0.1) is 23.9 Å². The third-order valence-electron chi connectivity index (χ3n) is 6.87. The number of likely N-dealkylation sites (N-methyl/N-ethyl adjacent to an activating group) is 1. The fraction of sp³-hybridized carbons (Fsp3) is 0.333. The molecular formula is C24H25ClN4O4S. The van der Waals surface area contributed by atoms with Crippen molar-refractivity contribution < 1.29 is 18.3 Å². The Labute approximate surface area is 203 Å².